The van der Waals surface area contributed by atoms with Gasteiger partial charge in [0.2, 0.25) is 0 Å². The fourth-order valence-electron chi connectivity index (χ4n) is 2.83. The van der Waals surface area contributed by atoms with Crippen molar-refractivity contribution in [1.29, 1.82) is 0 Å². The number of hydrogen-bond donors (Lipinski definition) is 2. The summed E-state index contributed by atoms with van der Waals surface area (Å²) in [7, 11) is 0. The molecule has 0 heterocycles. The van der Waals surface area contributed by atoms with Crippen molar-refractivity contribution in [2.75, 3.05) is 26.4 Å². The third kappa shape index (κ3) is 9.63. The van der Waals surface area contributed by atoms with Crippen LogP contribution in [-0.4, -0.2) is 62.6 Å². The van der Waals surface area contributed by atoms with Crippen molar-refractivity contribution in [3.8, 4) is 0 Å². The van der Waals surface area contributed by atoms with Crippen LogP contribution in [-0.2, 0) is 28.5 Å². The molecule has 2 unspecified atom stereocenters. The van der Waals surface area contributed by atoms with Crippen LogP contribution in [0, 0.1) is 5.92 Å². The highest BCUT2D eigenvalue weighted by atomic mass is 16.6. The van der Waals surface area contributed by atoms with Crippen LogP contribution in [0.15, 0.2) is 25.3 Å². The lowest BCUT2D eigenvalue weighted by Crippen LogP contribution is -2.52. The second-order valence-corrected chi connectivity index (χ2v) is 6.31. The number of nitrogens with one attached hydrogen (secondary N) is 2. The first kappa shape index (κ1) is 24.0. The molecule has 0 spiro atoms. The zero-order valence-electron chi connectivity index (χ0n) is 16.5. The first-order chi connectivity index (χ1) is 13.9. The molecule has 29 heavy (non-hydrogen) atoms. The van der Waals surface area contributed by atoms with Crippen LogP contribution >= 0.6 is 0 Å². The average molecular weight is 412 g/mol. The first-order valence-electron chi connectivity index (χ1n) is 9.32. The van der Waals surface area contributed by atoms with Crippen LogP contribution in [0.4, 0.5) is 9.59 Å². The second kappa shape index (κ2) is 13.2. The van der Waals surface area contributed by atoms with Crippen molar-refractivity contribution in [3.05, 3.63) is 25.3 Å². The van der Waals surface area contributed by atoms with Crippen LogP contribution in [0.1, 0.15) is 26.2 Å². The van der Waals surface area contributed by atoms with E-state index in [1.165, 1.54) is 0 Å². The molecule has 1 saturated carbocycles. The van der Waals surface area contributed by atoms with Crippen molar-refractivity contribution in [2.45, 2.75) is 38.3 Å². The number of carbonyl (C=O) groups excluding carboxylic acids is 4. The van der Waals surface area contributed by atoms with E-state index < -0.39 is 24.1 Å². The van der Waals surface area contributed by atoms with Crippen LogP contribution < -0.4 is 10.6 Å². The molecule has 0 aromatic carbocycles. The van der Waals surface area contributed by atoms with E-state index in [0.29, 0.717) is 0 Å². The number of alkyl carbamates (subject to hydrolysis) is 2. The average Bonchev–Trinajstić information content (AvgIpc) is 2.71. The fraction of sp³-hybridized carbons (Fsp3) is 0.579. The van der Waals surface area contributed by atoms with Gasteiger partial charge in [-0.25, -0.2) is 19.2 Å². The molecular weight excluding hydrogens is 384 g/mol. The van der Waals surface area contributed by atoms with Gasteiger partial charge in [0, 0.05) is 24.2 Å². The van der Waals surface area contributed by atoms with Crippen molar-refractivity contribution in [1.82, 2.24) is 10.6 Å². The van der Waals surface area contributed by atoms with Crippen molar-refractivity contribution in [2.24, 2.45) is 5.92 Å². The van der Waals surface area contributed by atoms with E-state index >= 15 is 0 Å². The van der Waals surface area contributed by atoms with Crippen molar-refractivity contribution in [3.63, 3.8) is 0 Å². The Balaban J connectivity index is 2.31. The van der Waals surface area contributed by atoms with Crippen LogP contribution in [0.3, 0.4) is 0 Å². The number of rotatable bonds is 10. The Hall–Kier alpha value is -3.04. The van der Waals surface area contributed by atoms with E-state index in [1.54, 1.807) is 0 Å². The number of ether oxygens (including phenoxy) is 4. The molecule has 1 aliphatic carbocycles. The monoisotopic (exact) mass is 412 g/mol. The summed E-state index contributed by atoms with van der Waals surface area (Å²) in [6.45, 7) is 8.17. The highest BCUT2D eigenvalue weighted by Gasteiger charge is 2.32. The zero-order valence-corrected chi connectivity index (χ0v) is 16.5. The fourth-order valence-corrected chi connectivity index (χ4v) is 2.83. The molecule has 2 N–H and O–H groups in total. The zero-order chi connectivity index (χ0) is 21.6. The summed E-state index contributed by atoms with van der Waals surface area (Å²) in [4.78, 5) is 45.6. The maximum Gasteiger partial charge on any atom is 0.407 e. The highest BCUT2D eigenvalue weighted by Crippen LogP contribution is 2.25. The van der Waals surface area contributed by atoms with Gasteiger partial charge in [0.25, 0.3) is 0 Å². The van der Waals surface area contributed by atoms with Gasteiger partial charge in [-0.05, 0) is 25.2 Å². The molecule has 0 aromatic rings. The molecule has 0 aliphatic heterocycles. The third-order valence-electron chi connectivity index (χ3n) is 4.36. The number of hydrogen-bond acceptors (Lipinski definition) is 8. The van der Waals surface area contributed by atoms with Crippen LogP contribution in [0.2, 0.25) is 0 Å². The minimum Gasteiger partial charge on any atom is -0.459 e. The Morgan fingerprint density at radius 2 is 1.17 bits per heavy atom. The molecule has 1 fully saturated rings. The summed E-state index contributed by atoms with van der Waals surface area (Å²) in [6, 6.07) is -0.378. The molecule has 0 aromatic heterocycles. The Bertz CT molecular complexity index is 557. The normalized spacial score (nSPS) is 20.5. The summed E-state index contributed by atoms with van der Waals surface area (Å²) in [5.74, 6) is -1.23. The van der Waals surface area contributed by atoms with Crippen LogP contribution in [0.25, 0.3) is 0 Å². The summed E-state index contributed by atoms with van der Waals surface area (Å²) in [5, 5.41) is 5.53. The quantitative estimate of drug-likeness (QED) is 0.239. The number of carbonyl (C=O) groups is 4. The third-order valence-corrected chi connectivity index (χ3v) is 4.36. The Morgan fingerprint density at radius 1 is 0.793 bits per heavy atom. The molecule has 1 aliphatic rings. The molecule has 2 atom stereocenters. The highest BCUT2D eigenvalue weighted by molar-refractivity contribution is 5.81. The Kier molecular flexibility index (Phi) is 10.9. The van der Waals surface area contributed by atoms with Gasteiger partial charge in [-0.15, -0.1) is 0 Å². The first-order valence-corrected chi connectivity index (χ1v) is 9.32. The number of amides is 2. The molecule has 10 nitrogen and oxygen atoms in total. The SMILES string of the molecule is C=CC(=O)OCCOC(=O)NC1CCCC(NC(=O)OCCOC(=O)C=C)C1C. The van der Waals surface area contributed by atoms with E-state index in [2.05, 4.69) is 23.8 Å². The summed E-state index contributed by atoms with van der Waals surface area (Å²) in [5.41, 5.74) is 0. The molecule has 10 heteroatoms. The summed E-state index contributed by atoms with van der Waals surface area (Å²) < 4.78 is 19.4. The van der Waals surface area contributed by atoms with E-state index in [1.807, 2.05) is 6.92 Å². The molecule has 0 bridgehead atoms. The molecule has 0 radical (unpaired) electrons. The molecule has 2 amide bonds. The maximum atomic E-state index is 11.9. The lowest BCUT2D eigenvalue weighted by molar-refractivity contribution is -0.139. The lowest BCUT2D eigenvalue weighted by atomic mass is 9.82. The predicted octanol–water partition coefficient (Wildman–Crippen LogP) is 1.45. The van der Waals surface area contributed by atoms with Gasteiger partial charge in [-0.1, -0.05) is 20.1 Å². The number of esters is 2. The maximum absolute atomic E-state index is 11.9. The molecular formula is C19H28N2O8. The van der Waals surface area contributed by atoms with E-state index in [9.17, 15) is 19.2 Å². The molecule has 1 rings (SSSR count). The molecule has 162 valence electrons. The van der Waals surface area contributed by atoms with E-state index in [-0.39, 0.29) is 44.4 Å². The summed E-state index contributed by atoms with van der Waals surface area (Å²) >= 11 is 0. The second-order valence-electron chi connectivity index (χ2n) is 6.31. The minimum absolute atomic E-state index is 0.0546. The Labute approximate surface area is 169 Å². The van der Waals surface area contributed by atoms with E-state index in [4.69, 9.17) is 18.9 Å². The van der Waals surface area contributed by atoms with Crippen molar-refractivity contribution >= 4 is 24.1 Å². The lowest BCUT2D eigenvalue weighted by Gasteiger charge is -2.36. The van der Waals surface area contributed by atoms with Gasteiger partial charge in [-0.3, -0.25) is 0 Å². The van der Waals surface area contributed by atoms with Gasteiger partial charge in [0.05, 0.1) is 0 Å². The minimum atomic E-state index is -0.622. The van der Waals surface area contributed by atoms with Crippen molar-refractivity contribution < 1.29 is 38.1 Å². The van der Waals surface area contributed by atoms with Crippen LogP contribution in [0.5, 0.6) is 0 Å². The van der Waals surface area contributed by atoms with Gasteiger partial charge in [0.1, 0.15) is 26.4 Å². The van der Waals surface area contributed by atoms with E-state index in [0.717, 1.165) is 31.4 Å². The standard InChI is InChI=1S/C19H28N2O8/c1-4-16(22)26-9-11-28-18(24)20-14-7-6-8-15(13(14)3)21-19(25)29-12-10-27-17(23)5-2/h4-5,13-15H,1-2,6-12H2,3H3,(H,20,24)(H,21,25). The topological polar surface area (TPSA) is 129 Å². The largest absolute Gasteiger partial charge is 0.459 e. The van der Waals surface area contributed by atoms with Gasteiger partial charge >= 0.3 is 24.1 Å². The Morgan fingerprint density at radius 3 is 1.55 bits per heavy atom. The van der Waals surface area contributed by atoms with Gasteiger partial charge < -0.3 is 29.6 Å². The van der Waals surface area contributed by atoms with Gasteiger partial charge in [-0.2, -0.15) is 0 Å². The summed E-state index contributed by atoms with van der Waals surface area (Å²) in [6.07, 6.45) is 3.09. The molecule has 0 saturated heterocycles. The predicted molar refractivity (Wildman–Crippen MR) is 102 cm³/mol. The van der Waals surface area contributed by atoms with Gasteiger partial charge in [0.15, 0.2) is 0 Å². The smallest absolute Gasteiger partial charge is 0.407 e.